The number of cyclic esters (lactones) is 1. The van der Waals surface area contributed by atoms with Crippen molar-refractivity contribution in [2.75, 3.05) is 41.1 Å². The highest BCUT2D eigenvalue weighted by atomic mass is 16.5. The molecule has 2 fully saturated rings. The Bertz CT molecular complexity index is 1740. The molecule has 15 atom stereocenters. The third kappa shape index (κ3) is 17.8. The lowest BCUT2D eigenvalue weighted by atomic mass is 9.78. The van der Waals surface area contributed by atoms with Crippen LogP contribution in [0.5, 0.6) is 0 Å². The van der Waals surface area contributed by atoms with Crippen LogP contribution in [0, 0.1) is 35.5 Å². The van der Waals surface area contributed by atoms with Crippen LogP contribution >= 0.6 is 0 Å². The second-order valence-corrected chi connectivity index (χ2v) is 19.9. The molecule has 0 unspecified atom stereocenters. The van der Waals surface area contributed by atoms with Gasteiger partial charge in [-0.2, -0.15) is 0 Å². The van der Waals surface area contributed by atoms with E-state index in [-0.39, 0.29) is 93.4 Å². The molecule has 1 aliphatic carbocycles. The van der Waals surface area contributed by atoms with E-state index < -0.39 is 78.1 Å². The number of amides is 1. The highest BCUT2D eigenvalue weighted by Crippen LogP contribution is 2.35. The van der Waals surface area contributed by atoms with E-state index in [0.717, 1.165) is 12.0 Å². The van der Waals surface area contributed by atoms with Crippen LogP contribution in [0.3, 0.4) is 0 Å². The lowest BCUT2D eigenvalue weighted by molar-refractivity contribution is -0.167. The lowest BCUT2D eigenvalue weighted by Crippen LogP contribution is -2.54. The molecule has 2 heterocycles. The monoisotopic (exact) mass is 960 g/mol. The molecule has 3 aliphatic rings. The molecule has 1 saturated carbocycles. The minimum atomic E-state index is -1.67. The summed E-state index contributed by atoms with van der Waals surface area (Å²) in [6.07, 6.45) is 9.56. The number of allylic oxidation sites excluding steroid dienone is 6. The van der Waals surface area contributed by atoms with Crippen LogP contribution in [0.15, 0.2) is 47.6 Å². The number of hydrogen-bond donors (Lipinski definition) is 4. The van der Waals surface area contributed by atoms with Crippen molar-refractivity contribution in [3.63, 3.8) is 0 Å². The van der Waals surface area contributed by atoms with E-state index in [0.29, 0.717) is 44.1 Å². The summed E-state index contributed by atoms with van der Waals surface area (Å²) in [7, 11) is 4.55. The summed E-state index contributed by atoms with van der Waals surface area (Å²) in [6, 6.07) is -1.12. The van der Waals surface area contributed by atoms with Crippen molar-refractivity contribution in [3.8, 4) is 0 Å². The molecule has 68 heavy (non-hydrogen) atoms. The van der Waals surface area contributed by atoms with Gasteiger partial charge in [0.25, 0.3) is 5.91 Å². The first-order valence-corrected chi connectivity index (χ1v) is 24.9. The predicted octanol–water partition coefficient (Wildman–Crippen LogP) is 5.83. The molecule has 1 saturated heterocycles. The van der Waals surface area contributed by atoms with E-state index in [2.05, 4.69) is 0 Å². The van der Waals surface area contributed by atoms with E-state index in [1.165, 1.54) is 12.0 Å². The zero-order valence-corrected chi connectivity index (χ0v) is 42.5. The Labute approximate surface area is 405 Å². The summed E-state index contributed by atoms with van der Waals surface area (Å²) >= 11 is 0. The van der Waals surface area contributed by atoms with Crippen LogP contribution in [0.4, 0.5) is 0 Å². The van der Waals surface area contributed by atoms with E-state index in [4.69, 9.17) is 23.7 Å². The van der Waals surface area contributed by atoms with E-state index >= 15 is 0 Å². The summed E-state index contributed by atoms with van der Waals surface area (Å²) < 4.78 is 29.1. The Kier molecular flexibility index (Phi) is 25.7. The summed E-state index contributed by atoms with van der Waals surface area (Å²) in [6.45, 7) is 12.8. The molecule has 15 nitrogen and oxygen atoms in total. The van der Waals surface area contributed by atoms with Crippen molar-refractivity contribution < 1.29 is 68.1 Å². The SMILES string of the molecule is CO[C@H]1C[C@@H](O)CC[C@@H](C)[C@H](O)C(=O)C(=O)N2CCCC[C@@H]2C(=O)O[C@@H]([C@H](C)C[C@@H]2CC[C@@H](OCCO)[C@H](OC)C2)CC(=O)[C@H](C)/C=C(\C)[C@@H](O)[C@@H](OC)C(=O)[C@H](C)C[C@H](C)/C=C\C=C\C=C1C. The van der Waals surface area contributed by atoms with Gasteiger partial charge in [-0.15, -0.1) is 0 Å². The zero-order chi connectivity index (χ0) is 50.7. The number of Topliss-reactive ketones (excluding diaryl/α,β-unsaturated/α-hetero) is 3. The fraction of sp³-hybridized carbons (Fsp3) is 0.755. The van der Waals surface area contributed by atoms with E-state index in [1.54, 1.807) is 48.0 Å². The Morgan fingerprint density at radius 3 is 2.18 bits per heavy atom. The molecule has 0 aromatic rings. The number of rotatable bonds is 9. The third-order valence-corrected chi connectivity index (χ3v) is 14.4. The molecule has 0 aromatic carbocycles. The topological polar surface area (TPSA) is 216 Å². The van der Waals surface area contributed by atoms with Gasteiger partial charge in [-0.1, -0.05) is 71.1 Å². The number of ether oxygens (including phenoxy) is 5. The quantitative estimate of drug-likeness (QED) is 0.122. The van der Waals surface area contributed by atoms with Gasteiger partial charge in [0.2, 0.25) is 5.78 Å². The summed E-state index contributed by atoms with van der Waals surface area (Å²) in [5.74, 6) is -5.37. The Morgan fingerprint density at radius 2 is 1.51 bits per heavy atom. The smallest absolute Gasteiger partial charge is 0.329 e. The minimum Gasteiger partial charge on any atom is -0.460 e. The molecule has 3 rings (SSSR count). The number of hydrogen-bond acceptors (Lipinski definition) is 14. The molecule has 4 N–H and O–H groups in total. The minimum absolute atomic E-state index is 0.0152. The molecular weight excluding hydrogens is 875 g/mol. The van der Waals surface area contributed by atoms with Crippen molar-refractivity contribution in [1.29, 1.82) is 0 Å². The highest BCUT2D eigenvalue weighted by Gasteiger charge is 2.42. The number of methoxy groups -OCH3 is 3. The van der Waals surface area contributed by atoms with Crippen LogP contribution in [0.2, 0.25) is 0 Å². The number of piperidine rings is 1. The molecule has 15 heteroatoms. The van der Waals surface area contributed by atoms with Crippen molar-refractivity contribution >= 4 is 29.2 Å². The fourth-order valence-electron chi connectivity index (χ4n) is 9.97. The first-order valence-electron chi connectivity index (χ1n) is 24.9. The molecule has 0 aromatic heterocycles. The van der Waals surface area contributed by atoms with Gasteiger partial charge in [-0.25, -0.2) is 4.79 Å². The molecule has 1 amide bonds. The van der Waals surface area contributed by atoms with Gasteiger partial charge in [0, 0.05) is 52.6 Å². The standard InChI is InChI=1S/C53H85NO14/c1-32-16-12-11-13-17-33(2)44(64-8)30-40(56)21-19-34(3)47(58)50(61)52(62)54-23-15-14-18-41(54)53(63)68-45(36(5)28-39-20-22-43(67-25-24-55)46(29-39)65-9)31-42(57)35(4)27-38(7)49(60)51(66-10)48(59)37(6)26-32/h11-13,16-17,27,32,34-37,39-41,43-47,49,51,55-56,58,60H,14-15,18-26,28-31H2,1-10H3/b13-11+,16-12-,33-17?,38-27+/t32-,34-,35-,36-,37-,39+,40+,41-,43-,44+,45-,46-,47+,49-,51+/m1/s1. The average molecular weight is 960 g/mol. The summed E-state index contributed by atoms with van der Waals surface area (Å²) in [4.78, 5) is 70.9. The van der Waals surface area contributed by atoms with Gasteiger partial charge in [0.05, 0.1) is 37.6 Å². The second kappa shape index (κ2) is 29.7. The maximum absolute atomic E-state index is 14.3. The predicted molar refractivity (Wildman–Crippen MR) is 258 cm³/mol. The number of ketones is 3. The number of fused-ring (bicyclic) bond motifs is 1. The molecule has 2 aliphatic heterocycles. The Morgan fingerprint density at radius 1 is 0.794 bits per heavy atom. The van der Waals surface area contributed by atoms with Gasteiger partial charge < -0.3 is 49.0 Å². The molecule has 0 spiro atoms. The van der Waals surface area contributed by atoms with E-state index in [9.17, 15) is 44.4 Å². The summed E-state index contributed by atoms with van der Waals surface area (Å²) in [5.41, 5.74) is 1.25. The maximum atomic E-state index is 14.3. The van der Waals surface area contributed by atoms with Crippen LogP contribution < -0.4 is 0 Å². The second-order valence-electron chi connectivity index (χ2n) is 19.9. The normalized spacial score (nSPS) is 36.9. The number of carbonyl (C=O) groups excluding carboxylic acids is 5. The van der Waals surface area contributed by atoms with Crippen LogP contribution in [0.1, 0.15) is 126 Å². The van der Waals surface area contributed by atoms with Gasteiger partial charge in [-0.05, 0) is 113 Å². The van der Waals surface area contributed by atoms with Gasteiger partial charge >= 0.3 is 5.97 Å². The summed E-state index contributed by atoms with van der Waals surface area (Å²) in [5, 5.41) is 43.0. The van der Waals surface area contributed by atoms with Crippen LogP contribution in [-0.2, 0) is 47.7 Å². The molecule has 0 bridgehead atoms. The highest BCUT2D eigenvalue weighted by molar-refractivity contribution is 6.38. The van der Waals surface area contributed by atoms with E-state index in [1.807, 2.05) is 51.2 Å². The number of aliphatic hydroxyl groups excluding tert-OH is 4. The van der Waals surface area contributed by atoms with Crippen molar-refractivity contribution in [2.45, 2.75) is 180 Å². The van der Waals surface area contributed by atoms with Gasteiger partial charge in [-0.3, -0.25) is 19.2 Å². The van der Waals surface area contributed by atoms with Gasteiger partial charge in [0.15, 0.2) is 5.78 Å². The third-order valence-electron chi connectivity index (χ3n) is 14.4. The lowest BCUT2D eigenvalue weighted by Gasteiger charge is -2.38. The number of aliphatic hydroxyl groups is 4. The van der Waals surface area contributed by atoms with Gasteiger partial charge in [0.1, 0.15) is 36.2 Å². The zero-order valence-electron chi connectivity index (χ0n) is 42.5. The molecule has 386 valence electrons. The molecule has 0 radical (unpaired) electrons. The number of carbonyl (C=O) groups is 5. The Hall–Kier alpha value is -3.41. The van der Waals surface area contributed by atoms with Crippen LogP contribution in [0.25, 0.3) is 0 Å². The van der Waals surface area contributed by atoms with Crippen LogP contribution in [-0.4, -0.2) is 151 Å². The number of esters is 1. The van der Waals surface area contributed by atoms with Crippen molar-refractivity contribution in [1.82, 2.24) is 4.90 Å². The van der Waals surface area contributed by atoms with Crippen molar-refractivity contribution in [3.05, 3.63) is 47.6 Å². The average Bonchev–Trinajstić information content (AvgIpc) is 3.32. The van der Waals surface area contributed by atoms with Crippen molar-refractivity contribution in [2.24, 2.45) is 35.5 Å². The molecular formula is C53H85NO14. The first-order chi connectivity index (χ1) is 32.3. The first kappa shape index (κ1) is 58.9. The number of nitrogens with zero attached hydrogens (tertiary/aromatic N) is 1. The maximum Gasteiger partial charge on any atom is 0.329 e. The Balaban J connectivity index is 1.98. The fourth-order valence-corrected chi connectivity index (χ4v) is 9.97. The largest absolute Gasteiger partial charge is 0.460 e.